The molecule has 0 aliphatic rings. The molecule has 4 nitrogen and oxygen atoms in total. The summed E-state index contributed by atoms with van der Waals surface area (Å²) in [6, 6.07) is 6.36. The molecule has 1 aromatic rings. The number of carbonyl (C=O) groups is 2. The summed E-state index contributed by atoms with van der Waals surface area (Å²) in [7, 11) is 1.24. The molecule has 0 aliphatic heterocycles. The maximum absolute atomic E-state index is 11.2. The van der Waals surface area contributed by atoms with Crippen LogP contribution >= 0.6 is 0 Å². The van der Waals surface area contributed by atoms with Gasteiger partial charge in [0.15, 0.2) is 5.78 Å². The Bertz CT molecular complexity index is 404. The van der Waals surface area contributed by atoms with Crippen LogP contribution < -0.4 is 0 Å². The minimum absolute atomic E-state index is 0.165. The number of aromatic hydroxyl groups is 1. The number of benzene rings is 1. The first kappa shape index (κ1) is 12.0. The number of hydrogen-bond donors (Lipinski definition) is 1. The molecule has 1 N–H and O–H groups in total. The minimum Gasteiger partial charge on any atom is -0.508 e. The highest BCUT2D eigenvalue weighted by atomic mass is 16.5. The first-order valence-corrected chi connectivity index (χ1v) is 4.68. The zero-order valence-corrected chi connectivity index (χ0v) is 8.84. The molecule has 0 bridgehead atoms. The normalized spacial score (nSPS) is 10.3. The van der Waals surface area contributed by atoms with Crippen molar-refractivity contribution in [2.24, 2.45) is 0 Å². The van der Waals surface area contributed by atoms with E-state index in [9.17, 15) is 9.59 Å². The monoisotopic (exact) mass is 220 g/mol. The van der Waals surface area contributed by atoms with Crippen LogP contribution in [0.25, 0.3) is 6.08 Å². The van der Waals surface area contributed by atoms with Gasteiger partial charge in [0, 0.05) is 0 Å². The molecule has 4 heteroatoms. The smallest absolute Gasteiger partial charge is 0.313 e. The van der Waals surface area contributed by atoms with Crippen molar-refractivity contribution >= 4 is 17.8 Å². The van der Waals surface area contributed by atoms with Gasteiger partial charge in [-0.2, -0.15) is 0 Å². The zero-order chi connectivity index (χ0) is 12.0. The number of esters is 1. The number of rotatable bonds is 4. The lowest BCUT2D eigenvalue weighted by atomic mass is 10.1. The molecule has 16 heavy (non-hydrogen) atoms. The minimum atomic E-state index is -0.555. The Kier molecular flexibility index (Phi) is 4.27. The van der Waals surface area contributed by atoms with Crippen LogP contribution in [0.2, 0.25) is 0 Å². The number of hydrogen-bond acceptors (Lipinski definition) is 4. The molecule has 0 radical (unpaired) electrons. The van der Waals surface area contributed by atoms with Gasteiger partial charge >= 0.3 is 5.97 Å². The summed E-state index contributed by atoms with van der Waals surface area (Å²) < 4.78 is 4.36. The molecule has 0 atom stereocenters. The zero-order valence-electron chi connectivity index (χ0n) is 8.84. The lowest BCUT2D eigenvalue weighted by Gasteiger charge is -1.95. The fourth-order valence-corrected chi connectivity index (χ4v) is 1.05. The summed E-state index contributed by atoms with van der Waals surface area (Å²) >= 11 is 0. The maximum Gasteiger partial charge on any atom is 0.313 e. The van der Waals surface area contributed by atoms with E-state index in [0.717, 1.165) is 5.56 Å². The van der Waals surface area contributed by atoms with E-state index in [0.29, 0.717) is 0 Å². The van der Waals surface area contributed by atoms with Gasteiger partial charge in [-0.05, 0) is 23.8 Å². The van der Waals surface area contributed by atoms with E-state index in [1.807, 2.05) is 0 Å². The molecule has 0 aliphatic carbocycles. The number of ether oxygens (including phenoxy) is 1. The van der Waals surface area contributed by atoms with Crippen molar-refractivity contribution in [2.75, 3.05) is 7.11 Å². The molecule has 0 fully saturated rings. The van der Waals surface area contributed by atoms with Crippen LogP contribution in [0.4, 0.5) is 0 Å². The van der Waals surface area contributed by atoms with E-state index < -0.39 is 5.97 Å². The Morgan fingerprint density at radius 3 is 2.50 bits per heavy atom. The average molecular weight is 220 g/mol. The van der Waals surface area contributed by atoms with Gasteiger partial charge in [-0.25, -0.2) is 0 Å². The molecule has 0 spiro atoms. The van der Waals surface area contributed by atoms with Gasteiger partial charge in [0.25, 0.3) is 0 Å². The summed E-state index contributed by atoms with van der Waals surface area (Å²) in [4.78, 5) is 22.0. The predicted molar refractivity (Wildman–Crippen MR) is 58.8 cm³/mol. The Balaban J connectivity index is 2.56. The van der Waals surface area contributed by atoms with Crippen molar-refractivity contribution in [3.8, 4) is 5.75 Å². The Morgan fingerprint density at radius 1 is 1.31 bits per heavy atom. The summed E-state index contributed by atoms with van der Waals surface area (Å²) in [5.74, 6) is -0.710. The first-order valence-electron chi connectivity index (χ1n) is 4.68. The third kappa shape index (κ3) is 3.96. The lowest BCUT2D eigenvalue weighted by molar-refractivity contribution is -0.142. The first-order chi connectivity index (χ1) is 7.61. The van der Waals surface area contributed by atoms with Crippen molar-refractivity contribution in [2.45, 2.75) is 6.42 Å². The van der Waals surface area contributed by atoms with Crippen LogP contribution in [-0.2, 0) is 14.3 Å². The molecular formula is C12H12O4. The van der Waals surface area contributed by atoms with E-state index in [1.54, 1.807) is 18.2 Å². The van der Waals surface area contributed by atoms with Crippen LogP contribution in [0.1, 0.15) is 12.0 Å². The summed E-state index contributed by atoms with van der Waals surface area (Å²) in [6.07, 6.45) is 2.62. The molecular weight excluding hydrogens is 208 g/mol. The fraction of sp³-hybridized carbons (Fsp3) is 0.167. The van der Waals surface area contributed by atoms with E-state index in [2.05, 4.69) is 4.74 Å². The molecule has 0 aromatic heterocycles. The van der Waals surface area contributed by atoms with Gasteiger partial charge in [0.1, 0.15) is 12.2 Å². The van der Waals surface area contributed by atoms with Gasteiger partial charge in [0.05, 0.1) is 7.11 Å². The van der Waals surface area contributed by atoms with Gasteiger partial charge in [0.2, 0.25) is 0 Å². The molecule has 0 saturated carbocycles. The number of ketones is 1. The van der Waals surface area contributed by atoms with Crippen LogP contribution in [0.5, 0.6) is 5.75 Å². The highest BCUT2D eigenvalue weighted by Gasteiger charge is 2.05. The van der Waals surface area contributed by atoms with Crippen molar-refractivity contribution in [3.63, 3.8) is 0 Å². The molecule has 0 heterocycles. The Morgan fingerprint density at radius 2 is 1.94 bits per heavy atom. The van der Waals surface area contributed by atoms with Crippen molar-refractivity contribution in [1.82, 2.24) is 0 Å². The second-order valence-corrected chi connectivity index (χ2v) is 3.14. The van der Waals surface area contributed by atoms with Gasteiger partial charge in [-0.1, -0.05) is 18.2 Å². The molecule has 84 valence electrons. The van der Waals surface area contributed by atoms with Crippen LogP contribution in [0.3, 0.4) is 0 Å². The molecule has 1 aromatic carbocycles. The van der Waals surface area contributed by atoms with E-state index in [-0.39, 0.29) is 18.0 Å². The van der Waals surface area contributed by atoms with Crippen molar-refractivity contribution in [3.05, 3.63) is 35.9 Å². The van der Waals surface area contributed by atoms with Crippen LogP contribution in [0, 0.1) is 0 Å². The Hall–Kier alpha value is -2.10. The number of phenols is 1. The van der Waals surface area contributed by atoms with Crippen LogP contribution in [0.15, 0.2) is 30.3 Å². The number of phenolic OH excluding ortho intramolecular Hbond substituents is 1. The van der Waals surface area contributed by atoms with Crippen LogP contribution in [-0.4, -0.2) is 24.0 Å². The fourth-order valence-electron chi connectivity index (χ4n) is 1.05. The number of carbonyl (C=O) groups excluding carboxylic acids is 2. The molecule has 0 unspecified atom stereocenters. The Labute approximate surface area is 93.2 Å². The van der Waals surface area contributed by atoms with Crippen molar-refractivity contribution < 1.29 is 19.4 Å². The number of methoxy groups -OCH3 is 1. The molecule has 0 saturated heterocycles. The molecule has 1 rings (SSSR count). The topological polar surface area (TPSA) is 63.6 Å². The average Bonchev–Trinajstić information content (AvgIpc) is 2.28. The lowest BCUT2D eigenvalue weighted by Crippen LogP contribution is -2.06. The highest BCUT2D eigenvalue weighted by molar-refractivity contribution is 6.03. The SMILES string of the molecule is COC(=O)CC(=O)/C=C/c1ccc(O)cc1. The highest BCUT2D eigenvalue weighted by Crippen LogP contribution is 2.10. The van der Waals surface area contributed by atoms with Gasteiger partial charge in [-0.3, -0.25) is 9.59 Å². The second kappa shape index (κ2) is 5.70. The third-order valence-corrected chi connectivity index (χ3v) is 1.90. The van der Waals surface area contributed by atoms with E-state index in [4.69, 9.17) is 5.11 Å². The van der Waals surface area contributed by atoms with Crippen molar-refractivity contribution in [1.29, 1.82) is 0 Å². The van der Waals surface area contributed by atoms with E-state index >= 15 is 0 Å². The largest absolute Gasteiger partial charge is 0.508 e. The molecule has 0 amide bonds. The maximum atomic E-state index is 11.2. The third-order valence-electron chi connectivity index (χ3n) is 1.90. The van der Waals surface area contributed by atoms with Gasteiger partial charge < -0.3 is 9.84 Å². The standard InChI is InChI=1S/C12H12O4/c1-16-12(15)8-11(14)7-4-9-2-5-10(13)6-3-9/h2-7,13H,8H2,1H3/b7-4+. The predicted octanol–water partition coefficient (Wildman–Crippen LogP) is 1.54. The summed E-state index contributed by atoms with van der Waals surface area (Å²) in [5.41, 5.74) is 0.774. The summed E-state index contributed by atoms with van der Waals surface area (Å²) in [6.45, 7) is 0. The second-order valence-electron chi connectivity index (χ2n) is 3.14. The number of allylic oxidation sites excluding steroid dienone is 1. The van der Waals surface area contributed by atoms with Gasteiger partial charge in [-0.15, -0.1) is 0 Å². The van der Waals surface area contributed by atoms with E-state index in [1.165, 1.54) is 25.3 Å². The quantitative estimate of drug-likeness (QED) is 0.475. The summed E-state index contributed by atoms with van der Waals surface area (Å²) in [5, 5.41) is 9.03.